The monoisotopic (exact) mass is 468 g/mol. The highest BCUT2D eigenvalue weighted by Gasteiger charge is 2.21. The number of furan rings is 1. The van der Waals surface area contributed by atoms with Gasteiger partial charge in [-0.2, -0.15) is 0 Å². The van der Waals surface area contributed by atoms with Crippen LogP contribution in [0.5, 0.6) is 0 Å². The minimum atomic E-state index is 0. The Hall–Kier alpha value is -2.03. The summed E-state index contributed by atoms with van der Waals surface area (Å²) in [6.07, 6.45) is 3.26. The average molecular weight is 468 g/mol. The number of rotatable bonds is 6. The van der Waals surface area contributed by atoms with Gasteiger partial charge < -0.3 is 20.0 Å². The number of nitrogens with zero attached hydrogens (tertiary/aromatic N) is 2. The number of guanidine groups is 1. The molecule has 140 valence electrons. The van der Waals surface area contributed by atoms with Gasteiger partial charge in [-0.15, -0.1) is 24.0 Å². The molecule has 0 spiro atoms. The molecule has 1 saturated heterocycles. The summed E-state index contributed by atoms with van der Waals surface area (Å²) < 4.78 is 5.32. The van der Waals surface area contributed by atoms with E-state index in [1.807, 2.05) is 48.2 Å². The zero-order valence-electron chi connectivity index (χ0n) is 14.9. The first kappa shape index (κ1) is 20.3. The molecule has 0 radical (unpaired) electrons. The lowest BCUT2D eigenvalue weighted by Gasteiger charge is -2.15. The second-order valence-electron chi connectivity index (χ2n) is 5.94. The van der Waals surface area contributed by atoms with Gasteiger partial charge in [0.05, 0.1) is 19.4 Å². The molecule has 3 rings (SSSR count). The molecular formula is C19H25IN4O2. The van der Waals surface area contributed by atoms with Gasteiger partial charge in [-0.25, -0.2) is 4.99 Å². The smallest absolute Gasteiger partial charge is 0.227 e. The standard InChI is InChI=1S/C19H24N4O2.HI/c1-2-20-19(22-14-17-5-4-12-25-17)21-13-15-7-9-16(10-8-15)23-11-3-6-18(23)24;/h4-5,7-10,12H,2-3,6,11,13-14H2,1H3,(H2,20,21,22);1H. The predicted molar refractivity (Wildman–Crippen MR) is 114 cm³/mol. The number of amides is 1. The van der Waals surface area contributed by atoms with Gasteiger partial charge in [-0.1, -0.05) is 12.1 Å². The van der Waals surface area contributed by atoms with E-state index in [0.717, 1.165) is 42.5 Å². The minimum absolute atomic E-state index is 0. The van der Waals surface area contributed by atoms with E-state index in [-0.39, 0.29) is 29.9 Å². The molecule has 1 amide bonds. The van der Waals surface area contributed by atoms with Gasteiger partial charge in [0.15, 0.2) is 5.96 Å². The lowest BCUT2D eigenvalue weighted by atomic mass is 10.2. The topological polar surface area (TPSA) is 69.9 Å². The molecule has 1 aliphatic rings. The maximum Gasteiger partial charge on any atom is 0.227 e. The Balaban J connectivity index is 0.00000243. The third kappa shape index (κ3) is 5.48. The number of anilines is 1. The van der Waals surface area contributed by atoms with Crippen molar-refractivity contribution in [1.82, 2.24) is 10.6 Å². The van der Waals surface area contributed by atoms with Crippen LogP contribution in [-0.2, 0) is 17.9 Å². The number of carbonyl (C=O) groups is 1. The van der Waals surface area contributed by atoms with Crippen LogP contribution in [0.4, 0.5) is 5.69 Å². The summed E-state index contributed by atoms with van der Waals surface area (Å²) in [6.45, 7) is 4.81. The molecule has 1 aromatic heterocycles. The third-order valence-electron chi connectivity index (χ3n) is 4.10. The van der Waals surface area contributed by atoms with Gasteiger partial charge in [0.2, 0.25) is 5.91 Å². The molecule has 0 aliphatic carbocycles. The minimum Gasteiger partial charge on any atom is -0.467 e. The van der Waals surface area contributed by atoms with Gasteiger partial charge >= 0.3 is 0 Å². The number of hydrogen-bond donors (Lipinski definition) is 2. The zero-order valence-corrected chi connectivity index (χ0v) is 17.2. The molecule has 1 aliphatic heterocycles. The first-order valence-corrected chi connectivity index (χ1v) is 8.70. The summed E-state index contributed by atoms with van der Waals surface area (Å²) in [5.41, 5.74) is 2.07. The van der Waals surface area contributed by atoms with E-state index in [1.165, 1.54) is 0 Å². The SMILES string of the molecule is CCNC(=NCc1ccc(N2CCCC2=O)cc1)NCc1ccco1.I. The summed E-state index contributed by atoms with van der Waals surface area (Å²) in [7, 11) is 0. The molecule has 2 heterocycles. The van der Waals surface area contributed by atoms with Crippen molar-refractivity contribution in [3.8, 4) is 0 Å². The van der Waals surface area contributed by atoms with Gasteiger partial charge in [0.1, 0.15) is 5.76 Å². The summed E-state index contributed by atoms with van der Waals surface area (Å²) in [4.78, 5) is 18.2. The van der Waals surface area contributed by atoms with E-state index in [4.69, 9.17) is 4.42 Å². The highest BCUT2D eigenvalue weighted by atomic mass is 127. The van der Waals surface area contributed by atoms with Crippen LogP contribution in [0, 0.1) is 0 Å². The van der Waals surface area contributed by atoms with E-state index in [0.29, 0.717) is 19.5 Å². The molecule has 2 aromatic rings. The van der Waals surface area contributed by atoms with Crippen molar-refractivity contribution < 1.29 is 9.21 Å². The number of hydrogen-bond acceptors (Lipinski definition) is 3. The molecule has 1 fully saturated rings. The third-order valence-corrected chi connectivity index (χ3v) is 4.10. The van der Waals surface area contributed by atoms with Gasteiger partial charge in [0.25, 0.3) is 0 Å². The van der Waals surface area contributed by atoms with Crippen molar-refractivity contribution in [3.63, 3.8) is 0 Å². The molecule has 0 atom stereocenters. The van der Waals surface area contributed by atoms with Crippen LogP contribution in [0.3, 0.4) is 0 Å². The van der Waals surface area contributed by atoms with Crippen molar-refractivity contribution in [2.24, 2.45) is 4.99 Å². The van der Waals surface area contributed by atoms with Crippen molar-refractivity contribution >= 4 is 41.5 Å². The summed E-state index contributed by atoms with van der Waals surface area (Å²) in [6, 6.07) is 11.8. The van der Waals surface area contributed by atoms with Crippen molar-refractivity contribution in [3.05, 3.63) is 54.0 Å². The Morgan fingerprint density at radius 3 is 2.65 bits per heavy atom. The predicted octanol–water partition coefficient (Wildman–Crippen LogP) is 3.28. The molecule has 0 unspecified atom stereocenters. The van der Waals surface area contributed by atoms with Crippen LogP contribution >= 0.6 is 24.0 Å². The Kier molecular flexibility index (Phi) is 7.96. The maximum absolute atomic E-state index is 11.8. The lowest BCUT2D eigenvalue weighted by Crippen LogP contribution is -2.36. The van der Waals surface area contributed by atoms with Crippen molar-refractivity contribution in [1.29, 1.82) is 0 Å². The Labute approximate surface area is 171 Å². The van der Waals surface area contributed by atoms with E-state index in [1.54, 1.807) is 6.26 Å². The van der Waals surface area contributed by atoms with E-state index in [9.17, 15) is 4.79 Å². The molecule has 0 saturated carbocycles. The fourth-order valence-corrected chi connectivity index (χ4v) is 2.80. The molecule has 26 heavy (non-hydrogen) atoms. The number of nitrogens with one attached hydrogen (secondary N) is 2. The molecule has 1 aromatic carbocycles. The molecule has 7 heteroatoms. The molecule has 0 bridgehead atoms. The number of halogens is 1. The van der Waals surface area contributed by atoms with E-state index >= 15 is 0 Å². The number of aliphatic imine (C=N–C) groups is 1. The molecule has 2 N–H and O–H groups in total. The first-order valence-electron chi connectivity index (χ1n) is 8.70. The van der Waals surface area contributed by atoms with Crippen molar-refractivity contribution in [2.45, 2.75) is 32.9 Å². The van der Waals surface area contributed by atoms with Gasteiger partial charge in [-0.05, 0) is 43.2 Å². The second kappa shape index (κ2) is 10.2. The van der Waals surface area contributed by atoms with Crippen LogP contribution in [0.15, 0.2) is 52.1 Å². The van der Waals surface area contributed by atoms with Crippen LogP contribution in [0.1, 0.15) is 31.1 Å². The van der Waals surface area contributed by atoms with Gasteiger partial charge in [-0.3, -0.25) is 4.79 Å². The number of carbonyl (C=O) groups excluding carboxylic acids is 1. The fraction of sp³-hybridized carbons (Fsp3) is 0.368. The van der Waals surface area contributed by atoms with Crippen LogP contribution < -0.4 is 15.5 Å². The Bertz CT molecular complexity index is 714. The summed E-state index contributed by atoms with van der Waals surface area (Å²) >= 11 is 0. The first-order chi connectivity index (χ1) is 12.3. The van der Waals surface area contributed by atoms with E-state index < -0.39 is 0 Å². The maximum atomic E-state index is 11.8. The van der Waals surface area contributed by atoms with Crippen LogP contribution in [-0.4, -0.2) is 25.0 Å². The summed E-state index contributed by atoms with van der Waals surface area (Å²) in [5, 5.41) is 6.47. The van der Waals surface area contributed by atoms with Crippen LogP contribution in [0.25, 0.3) is 0 Å². The van der Waals surface area contributed by atoms with E-state index in [2.05, 4.69) is 15.6 Å². The molecule has 6 nitrogen and oxygen atoms in total. The molecular weight excluding hydrogens is 443 g/mol. The quantitative estimate of drug-likeness (QED) is 0.388. The lowest BCUT2D eigenvalue weighted by molar-refractivity contribution is -0.117. The average Bonchev–Trinajstić information content (AvgIpc) is 3.29. The normalized spacial score (nSPS) is 14.3. The fourth-order valence-electron chi connectivity index (χ4n) is 2.80. The highest BCUT2D eigenvalue weighted by molar-refractivity contribution is 14.0. The Morgan fingerprint density at radius 2 is 2.04 bits per heavy atom. The highest BCUT2D eigenvalue weighted by Crippen LogP contribution is 2.21. The zero-order chi connectivity index (χ0) is 17.5. The number of benzene rings is 1. The Morgan fingerprint density at radius 1 is 1.23 bits per heavy atom. The largest absolute Gasteiger partial charge is 0.467 e. The van der Waals surface area contributed by atoms with Gasteiger partial charge in [0, 0.05) is 25.2 Å². The van der Waals surface area contributed by atoms with Crippen LogP contribution in [0.2, 0.25) is 0 Å². The van der Waals surface area contributed by atoms with Crippen molar-refractivity contribution in [2.75, 3.05) is 18.0 Å². The second-order valence-corrected chi connectivity index (χ2v) is 5.94. The summed E-state index contributed by atoms with van der Waals surface area (Å²) in [5.74, 6) is 1.82.